The highest BCUT2D eigenvalue weighted by atomic mass is 35.5. The Bertz CT molecular complexity index is 1230. The molecular formula is C24H23ClN2O5S. The maximum Gasteiger partial charge on any atom is 0.264 e. The molecule has 1 aliphatic heterocycles. The number of benzene rings is 3. The van der Waals surface area contributed by atoms with E-state index in [2.05, 4.69) is 5.32 Å². The first kappa shape index (κ1) is 22.9. The van der Waals surface area contributed by atoms with Crippen LogP contribution < -0.4 is 19.1 Å². The minimum absolute atomic E-state index is 0.0904. The molecule has 33 heavy (non-hydrogen) atoms. The van der Waals surface area contributed by atoms with Gasteiger partial charge in [0, 0.05) is 5.02 Å². The molecule has 1 N–H and O–H groups in total. The second kappa shape index (κ2) is 9.72. The van der Waals surface area contributed by atoms with E-state index in [0.29, 0.717) is 35.4 Å². The van der Waals surface area contributed by atoms with Crippen molar-refractivity contribution in [3.63, 3.8) is 0 Å². The molecule has 0 radical (unpaired) electrons. The van der Waals surface area contributed by atoms with Crippen LogP contribution in [0.3, 0.4) is 0 Å². The number of hydrogen-bond donors (Lipinski definition) is 1. The van der Waals surface area contributed by atoms with Crippen molar-refractivity contribution in [2.24, 2.45) is 0 Å². The number of ether oxygens (including phenoxy) is 2. The van der Waals surface area contributed by atoms with E-state index >= 15 is 0 Å². The average Bonchev–Trinajstić information content (AvgIpc) is 2.83. The van der Waals surface area contributed by atoms with Gasteiger partial charge in [0.15, 0.2) is 11.5 Å². The molecule has 0 aliphatic carbocycles. The number of nitrogens with one attached hydrogen (secondary N) is 1. The molecular weight excluding hydrogens is 464 g/mol. The summed E-state index contributed by atoms with van der Waals surface area (Å²) in [6.07, 6.45) is 0. The quantitative estimate of drug-likeness (QED) is 0.541. The van der Waals surface area contributed by atoms with Crippen LogP contribution in [0, 0.1) is 0 Å². The third-order valence-corrected chi connectivity index (χ3v) is 7.22. The number of sulfonamides is 1. The van der Waals surface area contributed by atoms with E-state index < -0.39 is 22.5 Å². The molecule has 0 spiro atoms. The van der Waals surface area contributed by atoms with Crippen molar-refractivity contribution in [3.05, 3.63) is 83.4 Å². The van der Waals surface area contributed by atoms with Crippen LogP contribution in [0.25, 0.3) is 0 Å². The van der Waals surface area contributed by atoms with Gasteiger partial charge in [0.25, 0.3) is 10.0 Å². The van der Waals surface area contributed by atoms with E-state index in [1.54, 1.807) is 48.5 Å². The summed E-state index contributed by atoms with van der Waals surface area (Å²) in [5.41, 5.74) is 1.15. The summed E-state index contributed by atoms with van der Waals surface area (Å²) in [6.45, 7) is 2.38. The van der Waals surface area contributed by atoms with Gasteiger partial charge in [-0.3, -0.25) is 9.10 Å². The van der Waals surface area contributed by atoms with Gasteiger partial charge < -0.3 is 14.8 Å². The Kier molecular flexibility index (Phi) is 6.76. The highest BCUT2D eigenvalue weighted by molar-refractivity contribution is 7.92. The Morgan fingerprint density at radius 2 is 1.67 bits per heavy atom. The molecule has 3 aromatic rings. The number of rotatable bonds is 7. The second-order valence-corrected chi connectivity index (χ2v) is 9.79. The number of amides is 1. The molecule has 0 bridgehead atoms. The minimum atomic E-state index is -3.98. The molecule has 0 aromatic heterocycles. The third-order valence-electron chi connectivity index (χ3n) is 5.18. The van der Waals surface area contributed by atoms with Crippen LogP contribution in [0.4, 0.5) is 5.69 Å². The van der Waals surface area contributed by atoms with Crippen molar-refractivity contribution < 1.29 is 22.7 Å². The zero-order chi connectivity index (χ0) is 23.4. The molecule has 1 heterocycles. The Morgan fingerprint density at radius 1 is 1.00 bits per heavy atom. The predicted octanol–water partition coefficient (Wildman–Crippen LogP) is 4.18. The van der Waals surface area contributed by atoms with Crippen molar-refractivity contribution in [2.75, 3.05) is 24.1 Å². The Labute approximate surface area is 197 Å². The van der Waals surface area contributed by atoms with E-state index in [9.17, 15) is 13.2 Å². The van der Waals surface area contributed by atoms with Crippen LogP contribution in [0.5, 0.6) is 11.5 Å². The lowest BCUT2D eigenvalue weighted by Crippen LogP contribution is -2.41. The van der Waals surface area contributed by atoms with E-state index in [1.807, 2.05) is 19.1 Å². The molecule has 172 valence electrons. The van der Waals surface area contributed by atoms with Gasteiger partial charge in [-0.25, -0.2) is 8.42 Å². The van der Waals surface area contributed by atoms with Gasteiger partial charge in [-0.05, 0) is 61.0 Å². The zero-order valence-corrected chi connectivity index (χ0v) is 19.5. The van der Waals surface area contributed by atoms with Crippen molar-refractivity contribution >= 4 is 33.2 Å². The summed E-state index contributed by atoms with van der Waals surface area (Å²) in [4.78, 5) is 13.0. The number of carbonyl (C=O) groups excluding carboxylic acids is 1. The molecule has 1 aliphatic rings. The lowest BCUT2D eigenvalue weighted by atomic mass is 10.1. The second-order valence-electron chi connectivity index (χ2n) is 7.49. The maximum absolute atomic E-state index is 13.4. The number of hydrogen-bond acceptors (Lipinski definition) is 5. The highest BCUT2D eigenvalue weighted by Gasteiger charge is 2.27. The van der Waals surface area contributed by atoms with Gasteiger partial charge in [-0.1, -0.05) is 35.9 Å². The Balaban J connectivity index is 1.56. The van der Waals surface area contributed by atoms with Gasteiger partial charge in [-0.15, -0.1) is 0 Å². The molecule has 9 heteroatoms. The smallest absolute Gasteiger partial charge is 0.264 e. The van der Waals surface area contributed by atoms with E-state index in [0.717, 1.165) is 9.87 Å². The number of fused-ring (bicyclic) bond motifs is 1. The van der Waals surface area contributed by atoms with Gasteiger partial charge >= 0.3 is 0 Å². The molecule has 4 rings (SSSR count). The van der Waals surface area contributed by atoms with Crippen LogP contribution >= 0.6 is 11.6 Å². The minimum Gasteiger partial charge on any atom is -0.486 e. The zero-order valence-electron chi connectivity index (χ0n) is 17.9. The predicted molar refractivity (Wildman–Crippen MR) is 126 cm³/mol. The molecule has 1 atom stereocenters. The van der Waals surface area contributed by atoms with Gasteiger partial charge in [0.2, 0.25) is 5.91 Å². The molecule has 0 saturated carbocycles. The van der Waals surface area contributed by atoms with Gasteiger partial charge in [0.05, 0.1) is 16.6 Å². The number of nitrogens with zero attached hydrogens (tertiary/aromatic N) is 1. The molecule has 7 nitrogen and oxygen atoms in total. The molecule has 1 amide bonds. The van der Waals surface area contributed by atoms with Crippen molar-refractivity contribution in [1.29, 1.82) is 0 Å². The average molecular weight is 487 g/mol. The Hall–Kier alpha value is -3.23. The molecule has 3 aromatic carbocycles. The van der Waals surface area contributed by atoms with Gasteiger partial charge in [-0.2, -0.15) is 0 Å². The molecule has 1 unspecified atom stereocenters. The fourth-order valence-corrected chi connectivity index (χ4v) is 5.04. The highest BCUT2D eigenvalue weighted by Crippen LogP contribution is 2.32. The topological polar surface area (TPSA) is 84.9 Å². The van der Waals surface area contributed by atoms with Crippen LogP contribution in [0.1, 0.15) is 18.5 Å². The number of anilines is 1. The Morgan fingerprint density at radius 3 is 2.36 bits per heavy atom. The number of carbonyl (C=O) groups is 1. The summed E-state index contributed by atoms with van der Waals surface area (Å²) in [5.74, 6) is 0.826. The van der Waals surface area contributed by atoms with Gasteiger partial charge in [0.1, 0.15) is 19.8 Å². The lowest BCUT2D eigenvalue weighted by molar-refractivity contribution is -0.120. The third kappa shape index (κ3) is 5.23. The van der Waals surface area contributed by atoms with Crippen LogP contribution in [-0.4, -0.2) is 34.1 Å². The van der Waals surface area contributed by atoms with Crippen LogP contribution in [0.2, 0.25) is 5.02 Å². The number of halogens is 1. The summed E-state index contributed by atoms with van der Waals surface area (Å²) < 4.78 is 38.9. The van der Waals surface area contributed by atoms with Crippen molar-refractivity contribution in [2.45, 2.75) is 17.9 Å². The van der Waals surface area contributed by atoms with E-state index in [-0.39, 0.29) is 10.9 Å². The molecule has 0 fully saturated rings. The van der Waals surface area contributed by atoms with Crippen molar-refractivity contribution in [1.82, 2.24) is 5.32 Å². The lowest BCUT2D eigenvalue weighted by Gasteiger charge is -2.25. The monoisotopic (exact) mass is 486 g/mol. The fraction of sp³-hybridized carbons (Fsp3) is 0.208. The van der Waals surface area contributed by atoms with Crippen molar-refractivity contribution in [3.8, 4) is 11.5 Å². The first-order chi connectivity index (χ1) is 15.8. The summed E-state index contributed by atoms with van der Waals surface area (Å²) in [5, 5.41) is 3.34. The first-order valence-electron chi connectivity index (χ1n) is 10.4. The summed E-state index contributed by atoms with van der Waals surface area (Å²) in [7, 11) is -3.98. The largest absolute Gasteiger partial charge is 0.486 e. The molecule has 0 saturated heterocycles. The van der Waals surface area contributed by atoms with E-state index in [4.69, 9.17) is 21.1 Å². The summed E-state index contributed by atoms with van der Waals surface area (Å²) in [6, 6.07) is 19.4. The maximum atomic E-state index is 13.4. The standard InChI is InChI=1S/C24H23ClN2O5S/c1-17(18-7-12-22-23(15-18)32-14-13-31-22)26-24(28)16-27(20-10-8-19(25)9-11-20)33(29,30)21-5-3-2-4-6-21/h2-12,15,17H,13-14,16H2,1H3,(H,26,28). The van der Waals surface area contributed by atoms with Crippen LogP contribution in [0.15, 0.2) is 77.7 Å². The van der Waals surface area contributed by atoms with E-state index in [1.165, 1.54) is 12.1 Å². The van der Waals surface area contributed by atoms with Crippen LogP contribution in [-0.2, 0) is 14.8 Å². The first-order valence-corrected chi connectivity index (χ1v) is 12.2. The SMILES string of the molecule is CC(NC(=O)CN(c1ccc(Cl)cc1)S(=O)(=O)c1ccccc1)c1ccc2c(c1)OCCO2. The summed E-state index contributed by atoms with van der Waals surface area (Å²) >= 11 is 5.97. The fourth-order valence-electron chi connectivity index (χ4n) is 3.47. The normalized spacial score (nSPS) is 13.8.